The Balaban J connectivity index is 1.74. The zero-order valence-electron chi connectivity index (χ0n) is 18.7. The van der Waals surface area contributed by atoms with Crippen molar-refractivity contribution in [2.75, 3.05) is 37.1 Å². The molecule has 0 spiro atoms. The van der Waals surface area contributed by atoms with E-state index in [1.54, 1.807) is 36.3 Å². The summed E-state index contributed by atoms with van der Waals surface area (Å²) in [5.74, 6) is 1.65. The van der Waals surface area contributed by atoms with Crippen molar-refractivity contribution in [1.82, 2.24) is 0 Å². The summed E-state index contributed by atoms with van der Waals surface area (Å²) in [6.07, 6.45) is 0. The molecule has 3 rings (SSSR count). The molecule has 0 unspecified atom stereocenters. The normalized spacial score (nSPS) is 15.0. The van der Waals surface area contributed by atoms with Gasteiger partial charge in [-0.3, -0.25) is 9.59 Å². The van der Waals surface area contributed by atoms with Crippen molar-refractivity contribution in [1.29, 1.82) is 0 Å². The van der Waals surface area contributed by atoms with Crippen molar-refractivity contribution in [3.63, 3.8) is 0 Å². The monoisotopic (exact) mass is 426 g/mol. The highest BCUT2D eigenvalue weighted by molar-refractivity contribution is 6.00. The first-order chi connectivity index (χ1) is 14.7. The lowest BCUT2D eigenvalue weighted by atomic mass is 9.92. The number of carbonyl (C=O) groups is 2. The Bertz CT molecular complexity index is 955. The predicted octanol–water partition coefficient (Wildman–Crippen LogP) is 4.12. The first-order valence-electron chi connectivity index (χ1n) is 10.4. The second-order valence-corrected chi connectivity index (χ2v) is 8.65. The molecule has 31 heavy (non-hydrogen) atoms. The standard InChI is InChI=1S/C24H30N2O5/c1-16(2)13-26-18-11-10-17(12-21(18)31-15-24(3,4)23(26)28)25-22(27)14-30-20-9-7-6-8-19(20)29-5/h6-12,16H,13-15H2,1-5H3,(H,25,27). The summed E-state index contributed by atoms with van der Waals surface area (Å²) >= 11 is 0. The predicted molar refractivity (Wildman–Crippen MR) is 120 cm³/mol. The van der Waals surface area contributed by atoms with Crippen LogP contribution in [0.1, 0.15) is 27.7 Å². The Hall–Kier alpha value is -3.22. The molecular weight excluding hydrogens is 396 g/mol. The summed E-state index contributed by atoms with van der Waals surface area (Å²) < 4.78 is 16.8. The van der Waals surface area contributed by atoms with Crippen molar-refractivity contribution < 1.29 is 23.8 Å². The number of para-hydroxylation sites is 2. The molecule has 2 aromatic rings. The van der Waals surface area contributed by atoms with Crippen LogP contribution in [0.3, 0.4) is 0 Å². The topological polar surface area (TPSA) is 77.1 Å². The smallest absolute Gasteiger partial charge is 0.262 e. The first kappa shape index (κ1) is 22.5. The fourth-order valence-electron chi connectivity index (χ4n) is 3.35. The van der Waals surface area contributed by atoms with Gasteiger partial charge in [0.05, 0.1) is 18.2 Å². The number of anilines is 2. The van der Waals surface area contributed by atoms with Gasteiger partial charge in [0, 0.05) is 18.3 Å². The first-order valence-corrected chi connectivity index (χ1v) is 10.4. The highest BCUT2D eigenvalue weighted by Crippen LogP contribution is 2.38. The zero-order valence-corrected chi connectivity index (χ0v) is 18.7. The Morgan fingerprint density at radius 3 is 2.58 bits per heavy atom. The molecule has 7 nitrogen and oxygen atoms in total. The van der Waals surface area contributed by atoms with Crippen LogP contribution >= 0.6 is 0 Å². The quantitative estimate of drug-likeness (QED) is 0.721. The molecule has 0 aromatic heterocycles. The third kappa shape index (κ3) is 5.29. The van der Waals surface area contributed by atoms with Gasteiger partial charge in [-0.25, -0.2) is 0 Å². The lowest BCUT2D eigenvalue weighted by Gasteiger charge is -2.29. The van der Waals surface area contributed by atoms with Gasteiger partial charge < -0.3 is 24.4 Å². The van der Waals surface area contributed by atoms with E-state index in [1.807, 2.05) is 32.0 Å². The number of hydrogen-bond donors (Lipinski definition) is 1. The highest BCUT2D eigenvalue weighted by Gasteiger charge is 2.38. The molecule has 1 heterocycles. The molecule has 1 aliphatic rings. The van der Waals surface area contributed by atoms with Gasteiger partial charge in [0.1, 0.15) is 12.4 Å². The minimum atomic E-state index is -0.639. The number of rotatable bonds is 7. The second kappa shape index (κ2) is 9.29. The van der Waals surface area contributed by atoms with Crippen LogP contribution in [0.15, 0.2) is 42.5 Å². The Kier molecular flexibility index (Phi) is 6.73. The van der Waals surface area contributed by atoms with Crippen molar-refractivity contribution >= 4 is 23.2 Å². The second-order valence-electron chi connectivity index (χ2n) is 8.65. The molecule has 2 aromatic carbocycles. The van der Waals surface area contributed by atoms with E-state index in [9.17, 15) is 9.59 Å². The van der Waals surface area contributed by atoms with Crippen LogP contribution < -0.4 is 24.4 Å². The maximum atomic E-state index is 13.0. The summed E-state index contributed by atoms with van der Waals surface area (Å²) in [6, 6.07) is 12.5. The van der Waals surface area contributed by atoms with E-state index in [4.69, 9.17) is 14.2 Å². The summed E-state index contributed by atoms with van der Waals surface area (Å²) in [6.45, 7) is 8.60. The number of amides is 2. The van der Waals surface area contributed by atoms with Gasteiger partial charge >= 0.3 is 0 Å². The molecule has 0 saturated carbocycles. The van der Waals surface area contributed by atoms with E-state index in [-0.39, 0.29) is 25.0 Å². The van der Waals surface area contributed by atoms with Crippen molar-refractivity contribution in [2.24, 2.45) is 11.3 Å². The molecule has 0 radical (unpaired) electrons. The lowest BCUT2D eigenvalue weighted by Crippen LogP contribution is -2.43. The Labute approximate surface area is 183 Å². The number of nitrogens with zero attached hydrogens (tertiary/aromatic N) is 1. The maximum Gasteiger partial charge on any atom is 0.262 e. The van der Waals surface area contributed by atoms with Gasteiger partial charge in [-0.2, -0.15) is 0 Å². The average Bonchev–Trinajstić information content (AvgIpc) is 2.82. The maximum absolute atomic E-state index is 13.0. The SMILES string of the molecule is COc1ccccc1OCC(=O)Nc1ccc2c(c1)OCC(C)(C)C(=O)N2CC(C)C. The molecule has 1 aliphatic heterocycles. The zero-order chi connectivity index (χ0) is 22.6. The van der Waals surface area contributed by atoms with Crippen LogP contribution in [0.4, 0.5) is 11.4 Å². The van der Waals surface area contributed by atoms with Crippen molar-refractivity contribution in [3.05, 3.63) is 42.5 Å². The van der Waals surface area contributed by atoms with Crippen molar-refractivity contribution in [3.8, 4) is 17.2 Å². The van der Waals surface area contributed by atoms with Crippen LogP contribution in [-0.2, 0) is 9.59 Å². The minimum absolute atomic E-state index is 0.0296. The van der Waals surface area contributed by atoms with Crippen LogP contribution in [0.2, 0.25) is 0 Å². The fraction of sp³-hybridized carbons (Fsp3) is 0.417. The minimum Gasteiger partial charge on any atom is -0.493 e. The van der Waals surface area contributed by atoms with Gasteiger partial charge in [-0.05, 0) is 44.0 Å². The number of nitrogens with one attached hydrogen (secondary N) is 1. The van der Waals surface area contributed by atoms with Gasteiger partial charge in [0.2, 0.25) is 5.91 Å². The summed E-state index contributed by atoms with van der Waals surface area (Å²) in [4.78, 5) is 27.2. The van der Waals surface area contributed by atoms with Crippen LogP contribution in [-0.4, -0.2) is 38.7 Å². The van der Waals surface area contributed by atoms with Gasteiger partial charge in [0.25, 0.3) is 5.91 Å². The number of methoxy groups -OCH3 is 1. The summed E-state index contributed by atoms with van der Waals surface area (Å²) in [5, 5.41) is 2.82. The van der Waals surface area contributed by atoms with E-state index >= 15 is 0 Å². The largest absolute Gasteiger partial charge is 0.493 e. The third-order valence-electron chi connectivity index (χ3n) is 4.92. The molecule has 0 aliphatic carbocycles. The number of ether oxygens (including phenoxy) is 3. The van der Waals surface area contributed by atoms with Crippen molar-refractivity contribution in [2.45, 2.75) is 27.7 Å². The Morgan fingerprint density at radius 2 is 1.90 bits per heavy atom. The number of carbonyl (C=O) groups excluding carboxylic acids is 2. The summed E-state index contributed by atoms with van der Waals surface area (Å²) in [7, 11) is 1.55. The third-order valence-corrected chi connectivity index (χ3v) is 4.92. The lowest BCUT2D eigenvalue weighted by molar-refractivity contribution is -0.127. The molecule has 166 valence electrons. The number of fused-ring (bicyclic) bond motifs is 1. The highest BCUT2D eigenvalue weighted by atomic mass is 16.5. The van der Waals surface area contributed by atoms with Gasteiger partial charge in [-0.15, -0.1) is 0 Å². The molecule has 0 bridgehead atoms. The molecule has 0 saturated heterocycles. The molecule has 7 heteroatoms. The molecule has 1 N–H and O–H groups in total. The van der Waals surface area contributed by atoms with Crippen LogP contribution in [0.25, 0.3) is 0 Å². The van der Waals surface area contributed by atoms with Crippen LogP contribution in [0.5, 0.6) is 17.2 Å². The van der Waals surface area contributed by atoms with E-state index in [0.717, 1.165) is 0 Å². The average molecular weight is 427 g/mol. The fourth-order valence-corrected chi connectivity index (χ4v) is 3.35. The van der Waals surface area contributed by atoms with E-state index in [1.165, 1.54) is 0 Å². The molecule has 0 fully saturated rings. The van der Waals surface area contributed by atoms with Gasteiger partial charge in [0.15, 0.2) is 18.1 Å². The number of benzene rings is 2. The van der Waals surface area contributed by atoms with Gasteiger partial charge in [-0.1, -0.05) is 26.0 Å². The van der Waals surface area contributed by atoms with E-state index in [2.05, 4.69) is 19.2 Å². The Morgan fingerprint density at radius 1 is 1.19 bits per heavy atom. The van der Waals surface area contributed by atoms with Crippen LogP contribution in [0, 0.1) is 11.3 Å². The molecular formula is C24H30N2O5. The molecule has 2 amide bonds. The van der Waals surface area contributed by atoms with E-state index in [0.29, 0.717) is 41.1 Å². The summed E-state index contributed by atoms with van der Waals surface area (Å²) in [5.41, 5.74) is 0.650. The number of hydrogen-bond acceptors (Lipinski definition) is 5. The van der Waals surface area contributed by atoms with E-state index < -0.39 is 5.41 Å². The molecule has 0 atom stereocenters.